The molecule has 0 rings (SSSR count). The van der Waals surface area contributed by atoms with Gasteiger partial charge in [0.2, 0.25) is 0 Å². The third-order valence-electron chi connectivity index (χ3n) is 20.9. The van der Waals surface area contributed by atoms with Gasteiger partial charge in [0.1, 0.15) is 31.8 Å². The number of esters is 4. The summed E-state index contributed by atoms with van der Waals surface area (Å²) < 4.78 is 23.8. The van der Waals surface area contributed by atoms with Crippen LogP contribution in [-0.2, 0) is 42.9 Å². The average Bonchev–Trinajstić information content (AvgIpc) is 0.858. The van der Waals surface area contributed by atoms with Gasteiger partial charge in [-0.25, -0.2) is 0 Å². The van der Waals surface area contributed by atoms with E-state index in [0.29, 0.717) is 32.1 Å². The largest absolute Gasteiger partial charge is 0.481 e. The van der Waals surface area contributed by atoms with Crippen molar-refractivity contribution < 1.29 is 68.5 Å². The number of carbonyl (C=O) groups excluding carboxylic acids is 4. The lowest BCUT2D eigenvalue weighted by atomic mass is 9.92. The number of carboxylic acids is 1. The molecule has 14 heteroatoms. The van der Waals surface area contributed by atoms with Crippen molar-refractivity contribution in [1.29, 1.82) is 0 Å². The molecular weight excluding hydrogens is 1300 g/mol. The van der Waals surface area contributed by atoms with Gasteiger partial charge in [-0.3, -0.25) is 24.0 Å². The zero-order valence-corrected chi connectivity index (χ0v) is 69.6. The van der Waals surface area contributed by atoms with Crippen LogP contribution in [0, 0.1) is 10.8 Å². The normalized spacial score (nSPS) is 11.5. The molecule has 0 aliphatic rings. The molecule has 5 N–H and O–H groups in total. The molecule has 104 heavy (non-hydrogen) atoms. The molecule has 620 valence electrons. The lowest BCUT2D eigenvalue weighted by molar-refractivity contribution is -0.171. The van der Waals surface area contributed by atoms with Crippen LogP contribution in [0.1, 0.15) is 484 Å². The van der Waals surface area contributed by atoms with E-state index in [1.54, 1.807) is 0 Å². The second-order valence-corrected chi connectivity index (χ2v) is 31.6. The number of carbonyl (C=O) groups is 5. The smallest absolute Gasteiger partial charge is 0.305 e. The molecule has 0 heterocycles. The number of unbranched alkanes of at least 4 members (excludes halogenated alkanes) is 60. The minimum atomic E-state index is -1.20. The van der Waals surface area contributed by atoms with Gasteiger partial charge in [0.25, 0.3) is 0 Å². The number of aliphatic hydroxyl groups is 4. The molecule has 0 saturated heterocycles. The number of carboxylic acid groups (broad SMARTS) is 1. The van der Waals surface area contributed by atoms with Gasteiger partial charge in [0.15, 0.2) is 0 Å². The first kappa shape index (κ1) is 105. The number of hydrogen-bond acceptors (Lipinski definition) is 13. The molecule has 0 aliphatic heterocycles. The van der Waals surface area contributed by atoms with E-state index >= 15 is 0 Å². The summed E-state index contributed by atoms with van der Waals surface area (Å²) in [4.78, 5) is 63.5. The Kier molecular flexibility index (Phi) is 88.6. The average molecular weight is 1480 g/mol. The van der Waals surface area contributed by atoms with Crippen LogP contribution in [0.15, 0.2) is 0 Å². The Morgan fingerprint density at radius 1 is 0.192 bits per heavy atom. The van der Waals surface area contributed by atoms with E-state index in [2.05, 4.69) is 34.6 Å². The van der Waals surface area contributed by atoms with Crippen molar-refractivity contribution in [1.82, 2.24) is 0 Å². The standard InChI is InChI=1S/C69H132O8.C16H32O2.C5H12O4/c1-5-9-13-17-21-25-29-33-37-41-45-49-53-57-65(70)74-61-69(62-75-66(71)58-54-50-46-42-38-34-30-26-22-18-14-10-6-2,63-76-67(72)59-55-51-47-43-39-35-31-27-23-19-15-11-7-3)64-77-68(73)60-56-52-48-44-40-36-32-28-24-20-16-12-8-4;1-2-3-4-5-6-7-8-9-10-11-12-13-14-15-16(17)18;6-1-5(2-7,3-8)4-9/h5-64H2,1-4H3;2-15H2,1H3,(H,17,18);6-9H,1-4H2. The fourth-order valence-electron chi connectivity index (χ4n) is 13.2. The predicted octanol–water partition coefficient (Wildman–Crippen LogP) is 25.6. The minimum Gasteiger partial charge on any atom is -0.481 e. The second kappa shape index (κ2) is 87.4. The van der Waals surface area contributed by atoms with Crippen molar-refractivity contribution in [3.8, 4) is 0 Å². The third-order valence-corrected chi connectivity index (χ3v) is 20.9. The van der Waals surface area contributed by atoms with Gasteiger partial charge >= 0.3 is 29.8 Å². The van der Waals surface area contributed by atoms with Crippen LogP contribution in [-0.4, -0.2) is 108 Å². The maximum absolute atomic E-state index is 13.3. The number of aliphatic hydroxyl groups excluding tert-OH is 4. The van der Waals surface area contributed by atoms with Crippen molar-refractivity contribution in [3.63, 3.8) is 0 Å². The highest BCUT2D eigenvalue weighted by Crippen LogP contribution is 2.26. The van der Waals surface area contributed by atoms with Crippen molar-refractivity contribution in [2.24, 2.45) is 10.8 Å². The Morgan fingerprint density at radius 3 is 0.433 bits per heavy atom. The van der Waals surface area contributed by atoms with Crippen molar-refractivity contribution in [3.05, 3.63) is 0 Å². The van der Waals surface area contributed by atoms with Gasteiger partial charge in [-0.05, 0) is 32.1 Å². The fraction of sp³-hybridized carbons (Fsp3) is 0.944. The van der Waals surface area contributed by atoms with Crippen molar-refractivity contribution in [2.45, 2.75) is 484 Å². The van der Waals surface area contributed by atoms with Crippen LogP contribution in [0.5, 0.6) is 0 Å². The Hall–Kier alpha value is -2.81. The van der Waals surface area contributed by atoms with Crippen LogP contribution in [0.3, 0.4) is 0 Å². The molecule has 0 aliphatic carbocycles. The monoisotopic (exact) mass is 1480 g/mol. The van der Waals surface area contributed by atoms with E-state index in [1.807, 2.05) is 0 Å². The van der Waals surface area contributed by atoms with Crippen molar-refractivity contribution in [2.75, 3.05) is 52.9 Å². The lowest BCUT2D eigenvalue weighted by Gasteiger charge is -2.31. The van der Waals surface area contributed by atoms with Gasteiger partial charge in [-0.1, -0.05) is 420 Å². The number of aliphatic carboxylic acids is 1. The van der Waals surface area contributed by atoms with Crippen LogP contribution in [0.2, 0.25) is 0 Å². The van der Waals surface area contributed by atoms with E-state index in [4.69, 9.17) is 44.5 Å². The molecule has 0 fully saturated rings. The lowest BCUT2D eigenvalue weighted by Crippen LogP contribution is -2.44. The first-order valence-corrected chi connectivity index (χ1v) is 45.1. The Morgan fingerprint density at radius 2 is 0.317 bits per heavy atom. The molecule has 0 aromatic carbocycles. The summed E-state index contributed by atoms with van der Waals surface area (Å²) in [5.74, 6) is -1.96. The molecule has 0 aromatic rings. The van der Waals surface area contributed by atoms with E-state index in [-0.39, 0.29) is 50.3 Å². The Bertz CT molecular complexity index is 1550. The Labute approximate surface area is 642 Å². The molecule has 0 spiro atoms. The van der Waals surface area contributed by atoms with Gasteiger partial charge < -0.3 is 44.5 Å². The van der Waals surface area contributed by atoms with Gasteiger partial charge in [0, 0.05) is 32.1 Å². The summed E-state index contributed by atoms with van der Waals surface area (Å²) in [7, 11) is 0. The second-order valence-electron chi connectivity index (χ2n) is 31.6. The zero-order chi connectivity index (χ0) is 76.9. The van der Waals surface area contributed by atoms with Gasteiger partial charge in [-0.15, -0.1) is 0 Å². The van der Waals surface area contributed by atoms with E-state index in [9.17, 15) is 24.0 Å². The number of hydrogen-bond donors (Lipinski definition) is 5. The minimum absolute atomic E-state index is 0.158. The van der Waals surface area contributed by atoms with E-state index in [1.165, 1.54) is 327 Å². The zero-order valence-electron chi connectivity index (χ0n) is 69.6. The van der Waals surface area contributed by atoms with Crippen LogP contribution in [0.25, 0.3) is 0 Å². The molecule has 0 saturated carbocycles. The molecule has 14 nitrogen and oxygen atoms in total. The summed E-state index contributed by atoms with van der Waals surface area (Å²) in [5, 5.41) is 42.5. The van der Waals surface area contributed by atoms with Crippen LogP contribution in [0.4, 0.5) is 0 Å². The molecule has 0 radical (unpaired) electrons. The number of ether oxygens (including phenoxy) is 4. The van der Waals surface area contributed by atoms with Crippen LogP contribution < -0.4 is 0 Å². The van der Waals surface area contributed by atoms with Crippen LogP contribution >= 0.6 is 0 Å². The maximum Gasteiger partial charge on any atom is 0.305 e. The molecule has 0 bridgehead atoms. The number of rotatable bonds is 82. The highest BCUT2D eigenvalue weighted by Gasteiger charge is 2.38. The molecule has 0 aromatic heterocycles. The van der Waals surface area contributed by atoms with Crippen molar-refractivity contribution >= 4 is 29.8 Å². The maximum atomic E-state index is 13.3. The summed E-state index contributed by atoms with van der Waals surface area (Å²) in [6.07, 6.45) is 82.2. The molecule has 0 unspecified atom stereocenters. The van der Waals surface area contributed by atoms with E-state index in [0.717, 1.165) is 89.9 Å². The summed E-state index contributed by atoms with van der Waals surface area (Å²) in [5.41, 5.74) is -2.31. The third kappa shape index (κ3) is 81.7. The summed E-state index contributed by atoms with van der Waals surface area (Å²) in [6.45, 7) is 9.06. The SMILES string of the molecule is CCCCCCCCCCCCCCCC(=O)O.CCCCCCCCCCCCCCCC(=O)OCC(COC(=O)CCCCCCCCCCCCCCC)(COC(=O)CCCCCCCCCCCCCCC)COC(=O)CCCCCCCCCCCCCCC.OCC(CO)(CO)CO. The quantitative estimate of drug-likeness (QED) is 0.0217. The highest BCUT2D eigenvalue weighted by atomic mass is 16.6. The summed E-state index contributed by atoms with van der Waals surface area (Å²) in [6, 6.07) is 0. The van der Waals surface area contributed by atoms with Gasteiger partial charge in [0.05, 0.1) is 31.8 Å². The Balaban J connectivity index is -0.00000313. The van der Waals surface area contributed by atoms with E-state index < -0.39 is 43.2 Å². The first-order valence-electron chi connectivity index (χ1n) is 45.1. The summed E-state index contributed by atoms with van der Waals surface area (Å²) >= 11 is 0. The van der Waals surface area contributed by atoms with Gasteiger partial charge in [-0.2, -0.15) is 0 Å². The topological polar surface area (TPSA) is 223 Å². The predicted molar refractivity (Wildman–Crippen MR) is 436 cm³/mol. The highest BCUT2D eigenvalue weighted by molar-refractivity contribution is 5.71. The molecular formula is C90H176O14. The first-order chi connectivity index (χ1) is 50.8. The molecule has 0 atom stereocenters. The molecule has 0 amide bonds. The fourth-order valence-corrected chi connectivity index (χ4v) is 13.2.